The number of alkyl halides is 3. The number of pyridine rings is 2. The van der Waals surface area contributed by atoms with Gasteiger partial charge in [0.15, 0.2) is 0 Å². The number of piperidine rings is 1. The largest absolute Gasteiger partial charge is 0.416 e. The molecule has 0 spiro atoms. The number of nitrogens with zero attached hydrogens (tertiary/aromatic N) is 6. The van der Waals surface area contributed by atoms with E-state index in [1.807, 2.05) is 13.0 Å². The summed E-state index contributed by atoms with van der Waals surface area (Å²) in [6.45, 7) is 3.96. The van der Waals surface area contributed by atoms with Gasteiger partial charge in [0.2, 0.25) is 0 Å². The lowest BCUT2D eigenvalue weighted by Gasteiger charge is -2.30. The molecule has 1 aliphatic rings. The second kappa shape index (κ2) is 10.8. The first-order valence-corrected chi connectivity index (χ1v) is 12.4. The smallest absolute Gasteiger partial charge is 0.381 e. The van der Waals surface area contributed by atoms with Crippen LogP contribution < -0.4 is 10.6 Å². The van der Waals surface area contributed by atoms with Crippen molar-refractivity contribution >= 4 is 17.4 Å². The van der Waals surface area contributed by atoms with Crippen molar-refractivity contribution in [3.63, 3.8) is 0 Å². The molecule has 0 unspecified atom stereocenters. The summed E-state index contributed by atoms with van der Waals surface area (Å²) in [7, 11) is 2.12. The summed E-state index contributed by atoms with van der Waals surface area (Å²) in [4.78, 5) is 23.3. The van der Waals surface area contributed by atoms with Crippen LogP contribution in [-0.2, 0) is 6.18 Å². The van der Waals surface area contributed by atoms with Gasteiger partial charge in [0, 0.05) is 35.8 Å². The molecule has 9 nitrogen and oxygen atoms in total. The number of benzene rings is 1. The Balaban J connectivity index is 1.33. The number of amides is 1. The van der Waals surface area contributed by atoms with E-state index in [4.69, 9.17) is 0 Å². The molecule has 1 saturated heterocycles. The molecule has 2 N–H and O–H groups in total. The molecule has 0 radical (unpaired) electrons. The molecule has 39 heavy (non-hydrogen) atoms. The van der Waals surface area contributed by atoms with Crippen molar-refractivity contribution in [1.29, 1.82) is 0 Å². The van der Waals surface area contributed by atoms with Crippen molar-refractivity contribution < 1.29 is 18.0 Å². The number of rotatable bonds is 6. The molecule has 0 saturated carbocycles. The summed E-state index contributed by atoms with van der Waals surface area (Å²) >= 11 is 0. The van der Waals surface area contributed by atoms with Crippen LogP contribution in [0.15, 0.2) is 61.2 Å². The second-order valence-electron chi connectivity index (χ2n) is 9.62. The first kappa shape index (κ1) is 26.3. The van der Waals surface area contributed by atoms with Crippen LogP contribution in [0.3, 0.4) is 0 Å². The number of aryl methyl sites for hydroxylation is 1. The zero-order valence-corrected chi connectivity index (χ0v) is 21.4. The lowest BCUT2D eigenvalue weighted by atomic mass is 10.1. The number of likely N-dealkylation sites (tertiary alicyclic amines) is 1. The van der Waals surface area contributed by atoms with E-state index >= 15 is 0 Å². The molecular weight excluding hydrogens is 509 g/mol. The Morgan fingerprint density at radius 3 is 2.64 bits per heavy atom. The third-order valence-electron chi connectivity index (χ3n) is 6.66. The van der Waals surface area contributed by atoms with Crippen LogP contribution in [0.5, 0.6) is 0 Å². The van der Waals surface area contributed by atoms with Gasteiger partial charge in [-0.3, -0.25) is 9.78 Å². The molecule has 0 atom stereocenters. The third kappa shape index (κ3) is 6.23. The summed E-state index contributed by atoms with van der Waals surface area (Å²) < 4.78 is 40.6. The van der Waals surface area contributed by atoms with Crippen LogP contribution in [-0.4, -0.2) is 61.9 Å². The average molecular weight is 537 g/mol. The van der Waals surface area contributed by atoms with Gasteiger partial charge in [-0.25, -0.2) is 9.67 Å². The Morgan fingerprint density at radius 2 is 1.87 bits per heavy atom. The predicted octanol–water partition coefficient (Wildman–Crippen LogP) is 4.81. The highest BCUT2D eigenvalue weighted by Gasteiger charge is 2.31. The molecule has 202 valence electrons. The van der Waals surface area contributed by atoms with Crippen LogP contribution in [0, 0.1) is 6.92 Å². The number of carbonyl (C=O) groups is 1. The normalized spacial score (nSPS) is 14.8. The van der Waals surface area contributed by atoms with Gasteiger partial charge in [-0.2, -0.15) is 13.2 Å². The highest BCUT2D eigenvalue weighted by atomic mass is 19.4. The Kier molecular flexibility index (Phi) is 7.29. The predicted molar refractivity (Wildman–Crippen MR) is 141 cm³/mol. The molecule has 1 fully saturated rings. The van der Waals surface area contributed by atoms with E-state index in [9.17, 15) is 18.0 Å². The quantitative estimate of drug-likeness (QED) is 0.365. The summed E-state index contributed by atoms with van der Waals surface area (Å²) in [5.74, 6) is -0.790. The van der Waals surface area contributed by atoms with Crippen LogP contribution >= 0.6 is 0 Å². The molecule has 0 aliphatic carbocycles. The SMILES string of the molecule is Cc1ccc(C(=O)Nc2cc(C(F)(F)F)ccn2)cc1-n1cc(-c2cncc(NC3CCN(C)CC3)c2)nn1. The highest BCUT2D eigenvalue weighted by molar-refractivity contribution is 6.04. The fourth-order valence-corrected chi connectivity index (χ4v) is 4.42. The molecular formula is C27H27F3N8O. The van der Waals surface area contributed by atoms with Crippen molar-refractivity contribution in [3.05, 3.63) is 77.9 Å². The second-order valence-corrected chi connectivity index (χ2v) is 9.62. The maximum atomic E-state index is 13.0. The first-order valence-electron chi connectivity index (χ1n) is 12.4. The van der Waals surface area contributed by atoms with Crippen molar-refractivity contribution in [2.24, 2.45) is 0 Å². The molecule has 1 aromatic carbocycles. The zero-order valence-electron chi connectivity index (χ0n) is 21.4. The van der Waals surface area contributed by atoms with E-state index in [1.165, 1.54) is 0 Å². The van der Waals surface area contributed by atoms with Gasteiger partial charge in [0.25, 0.3) is 5.91 Å². The maximum absolute atomic E-state index is 13.0. The molecule has 3 aromatic heterocycles. The third-order valence-corrected chi connectivity index (χ3v) is 6.66. The van der Waals surface area contributed by atoms with Gasteiger partial charge in [-0.05, 0) is 75.8 Å². The van der Waals surface area contributed by atoms with Gasteiger partial charge in [0.1, 0.15) is 11.5 Å². The molecule has 5 rings (SSSR count). The number of halogens is 3. The number of hydrogen-bond donors (Lipinski definition) is 2. The number of carbonyl (C=O) groups excluding carboxylic acids is 1. The van der Waals surface area contributed by atoms with Crippen LogP contribution in [0.25, 0.3) is 16.9 Å². The van der Waals surface area contributed by atoms with E-state index in [0.29, 0.717) is 17.4 Å². The molecule has 1 aliphatic heterocycles. The monoisotopic (exact) mass is 536 g/mol. The fraction of sp³-hybridized carbons (Fsp3) is 0.296. The van der Waals surface area contributed by atoms with Crippen molar-refractivity contribution in [1.82, 2.24) is 29.9 Å². The Hall–Kier alpha value is -4.32. The summed E-state index contributed by atoms with van der Waals surface area (Å²) in [6.07, 6.45) is 3.83. The van der Waals surface area contributed by atoms with E-state index in [1.54, 1.807) is 41.5 Å². The van der Waals surface area contributed by atoms with Crippen molar-refractivity contribution in [2.75, 3.05) is 30.8 Å². The molecule has 1 amide bonds. The summed E-state index contributed by atoms with van der Waals surface area (Å²) in [5, 5.41) is 14.5. The van der Waals surface area contributed by atoms with Gasteiger partial charge >= 0.3 is 6.18 Å². The van der Waals surface area contributed by atoms with E-state index in [0.717, 1.165) is 61.1 Å². The minimum Gasteiger partial charge on any atom is -0.381 e. The maximum Gasteiger partial charge on any atom is 0.416 e. The van der Waals surface area contributed by atoms with Gasteiger partial charge < -0.3 is 15.5 Å². The Morgan fingerprint density at radius 1 is 1.08 bits per heavy atom. The van der Waals surface area contributed by atoms with Gasteiger partial charge in [-0.15, -0.1) is 5.10 Å². The average Bonchev–Trinajstić information content (AvgIpc) is 3.40. The minimum absolute atomic E-state index is 0.193. The van der Waals surface area contributed by atoms with E-state index < -0.39 is 17.6 Å². The molecule has 12 heteroatoms. The fourth-order valence-electron chi connectivity index (χ4n) is 4.42. The molecule has 0 bridgehead atoms. The molecule has 4 heterocycles. The highest BCUT2D eigenvalue weighted by Crippen LogP contribution is 2.30. The standard InChI is InChI=1S/C27H27F3N8O/c1-17-3-4-18(26(39)34-25-13-20(5-8-32-25)27(28,29)30)12-24(17)38-16-23(35-36-38)19-11-22(15-31-14-19)33-21-6-9-37(2)10-7-21/h3-5,8,11-16,21,33H,6-7,9-10H2,1-2H3,(H,32,34,39). The Bertz CT molecular complexity index is 1480. The number of hydrogen-bond acceptors (Lipinski definition) is 7. The summed E-state index contributed by atoms with van der Waals surface area (Å²) in [5.41, 5.74) is 3.08. The van der Waals surface area contributed by atoms with Gasteiger partial charge in [-0.1, -0.05) is 11.3 Å². The lowest BCUT2D eigenvalue weighted by Crippen LogP contribution is -2.36. The zero-order chi connectivity index (χ0) is 27.6. The van der Waals surface area contributed by atoms with Crippen molar-refractivity contribution in [2.45, 2.75) is 32.0 Å². The van der Waals surface area contributed by atoms with Crippen molar-refractivity contribution in [3.8, 4) is 16.9 Å². The lowest BCUT2D eigenvalue weighted by molar-refractivity contribution is -0.137. The van der Waals surface area contributed by atoms with Gasteiger partial charge in [0.05, 0.1) is 23.1 Å². The van der Waals surface area contributed by atoms with Crippen LogP contribution in [0.2, 0.25) is 0 Å². The Labute approximate surface area is 223 Å². The minimum atomic E-state index is -4.54. The van der Waals surface area contributed by atoms with E-state index in [2.05, 4.69) is 42.9 Å². The number of aromatic nitrogens is 5. The number of anilines is 2. The van der Waals surface area contributed by atoms with E-state index in [-0.39, 0.29) is 11.4 Å². The van der Waals surface area contributed by atoms with Crippen LogP contribution in [0.1, 0.15) is 34.3 Å². The summed E-state index contributed by atoms with van der Waals surface area (Å²) in [6, 6.07) is 8.93. The number of nitrogens with one attached hydrogen (secondary N) is 2. The molecule has 4 aromatic rings. The van der Waals surface area contributed by atoms with Crippen LogP contribution in [0.4, 0.5) is 24.7 Å². The topological polar surface area (TPSA) is 101 Å². The first-order chi connectivity index (χ1) is 18.7.